The number of thioether (sulfide) groups is 1. The SMILES string of the molecule is CC(C)C(C)(C#N)NC(=O)CSc1nc2sc3c(c2c(=O)n1CCCN(C)C)CCCC3. The van der Waals surface area contributed by atoms with Crippen LogP contribution in [0.5, 0.6) is 0 Å². The molecule has 0 bridgehead atoms. The molecule has 0 radical (unpaired) electrons. The number of hydrogen-bond acceptors (Lipinski definition) is 7. The Morgan fingerprint density at radius 2 is 2.09 bits per heavy atom. The first-order chi connectivity index (χ1) is 15.2. The minimum Gasteiger partial charge on any atom is -0.337 e. The van der Waals surface area contributed by atoms with E-state index in [-0.39, 0.29) is 23.1 Å². The molecule has 1 atom stereocenters. The van der Waals surface area contributed by atoms with Gasteiger partial charge >= 0.3 is 0 Å². The molecule has 0 aromatic carbocycles. The van der Waals surface area contributed by atoms with Crippen molar-refractivity contribution in [2.75, 3.05) is 26.4 Å². The van der Waals surface area contributed by atoms with Crippen molar-refractivity contribution in [1.82, 2.24) is 19.8 Å². The molecule has 0 aliphatic heterocycles. The van der Waals surface area contributed by atoms with E-state index in [2.05, 4.69) is 16.3 Å². The maximum absolute atomic E-state index is 13.5. The number of aromatic nitrogens is 2. The minimum absolute atomic E-state index is 0.0140. The second-order valence-electron chi connectivity index (χ2n) is 9.20. The highest BCUT2D eigenvalue weighted by molar-refractivity contribution is 7.99. The summed E-state index contributed by atoms with van der Waals surface area (Å²) in [7, 11) is 4.03. The van der Waals surface area contributed by atoms with Gasteiger partial charge in [0.2, 0.25) is 5.91 Å². The van der Waals surface area contributed by atoms with Crippen molar-refractivity contribution in [2.24, 2.45) is 5.92 Å². The number of nitriles is 1. The van der Waals surface area contributed by atoms with Crippen LogP contribution in [-0.4, -0.2) is 52.3 Å². The van der Waals surface area contributed by atoms with Crippen molar-refractivity contribution in [3.05, 3.63) is 20.8 Å². The molecule has 1 amide bonds. The number of nitrogens with zero attached hydrogens (tertiary/aromatic N) is 4. The zero-order valence-corrected chi connectivity index (χ0v) is 21.3. The van der Waals surface area contributed by atoms with Crippen molar-refractivity contribution < 1.29 is 4.79 Å². The molecule has 2 aromatic heterocycles. The number of hydrogen-bond donors (Lipinski definition) is 1. The first kappa shape index (κ1) is 24.7. The summed E-state index contributed by atoms with van der Waals surface area (Å²) in [6, 6.07) is 2.20. The molecule has 1 aliphatic carbocycles. The molecule has 7 nitrogen and oxygen atoms in total. The van der Waals surface area contributed by atoms with Crippen LogP contribution in [0.15, 0.2) is 9.95 Å². The third-order valence-corrected chi connectivity index (χ3v) is 8.31. The molecule has 1 unspecified atom stereocenters. The van der Waals surface area contributed by atoms with E-state index in [9.17, 15) is 14.9 Å². The Morgan fingerprint density at radius 3 is 2.75 bits per heavy atom. The van der Waals surface area contributed by atoms with Crippen LogP contribution in [0.25, 0.3) is 10.2 Å². The summed E-state index contributed by atoms with van der Waals surface area (Å²) in [5.41, 5.74) is 0.277. The van der Waals surface area contributed by atoms with Gasteiger partial charge in [-0.15, -0.1) is 11.3 Å². The van der Waals surface area contributed by atoms with Crippen LogP contribution in [-0.2, 0) is 24.2 Å². The number of aryl methyl sites for hydroxylation is 2. The lowest BCUT2D eigenvalue weighted by Gasteiger charge is -2.27. The van der Waals surface area contributed by atoms with Crippen LogP contribution >= 0.6 is 23.1 Å². The summed E-state index contributed by atoms with van der Waals surface area (Å²) in [4.78, 5) is 35.2. The van der Waals surface area contributed by atoms with Crippen LogP contribution in [0, 0.1) is 17.2 Å². The molecule has 0 spiro atoms. The van der Waals surface area contributed by atoms with Gasteiger partial charge in [0.25, 0.3) is 5.56 Å². The Morgan fingerprint density at radius 1 is 1.38 bits per heavy atom. The van der Waals surface area contributed by atoms with E-state index in [1.165, 1.54) is 22.2 Å². The largest absolute Gasteiger partial charge is 0.337 e. The van der Waals surface area contributed by atoms with Crippen molar-refractivity contribution in [3.8, 4) is 6.07 Å². The summed E-state index contributed by atoms with van der Waals surface area (Å²) in [5, 5.41) is 13.7. The second-order valence-corrected chi connectivity index (χ2v) is 11.2. The average Bonchev–Trinajstić information content (AvgIpc) is 3.12. The maximum Gasteiger partial charge on any atom is 0.263 e. The van der Waals surface area contributed by atoms with Gasteiger partial charge < -0.3 is 10.2 Å². The van der Waals surface area contributed by atoms with Gasteiger partial charge in [0.15, 0.2) is 5.16 Å². The second kappa shape index (κ2) is 10.4. The molecule has 1 N–H and O–H groups in total. The van der Waals surface area contributed by atoms with E-state index < -0.39 is 5.54 Å². The molecule has 9 heteroatoms. The molecule has 0 saturated heterocycles. The molecular weight excluding hydrogens is 442 g/mol. The third kappa shape index (κ3) is 5.36. The normalized spacial score (nSPS) is 15.6. The van der Waals surface area contributed by atoms with Crippen molar-refractivity contribution in [2.45, 2.75) is 70.1 Å². The number of carbonyl (C=O) groups excluding carboxylic acids is 1. The zero-order valence-electron chi connectivity index (χ0n) is 19.7. The summed E-state index contributed by atoms with van der Waals surface area (Å²) in [5.74, 6) is -0.134. The van der Waals surface area contributed by atoms with Gasteiger partial charge in [-0.25, -0.2) is 4.98 Å². The van der Waals surface area contributed by atoms with Gasteiger partial charge in [-0.05, 0) is 71.1 Å². The van der Waals surface area contributed by atoms with Gasteiger partial charge in [-0.2, -0.15) is 5.26 Å². The van der Waals surface area contributed by atoms with Gasteiger partial charge in [0, 0.05) is 11.4 Å². The van der Waals surface area contributed by atoms with Crippen LogP contribution in [0.2, 0.25) is 0 Å². The molecular formula is C23H33N5O2S2. The molecule has 1 aliphatic rings. The lowest BCUT2D eigenvalue weighted by Crippen LogP contribution is -2.49. The Bertz CT molecular complexity index is 1080. The Kier molecular flexibility index (Phi) is 8.01. The molecule has 0 saturated carbocycles. The lowest BCUT2D eigenvalue weighted by molar-refractivity contribution is -0.120. The van der Waals surface area contributed by atoms with E-state index in [0.717, 1.165) is 48.9 Å². The van der Waals surface area contributed by atoms with E-state index in [4.69, 9.17) is 4.98 Å². The number of carbonyl (C=O) groups is 1. The van der Waals surface area contributed by atoms with Crippen LogP contribution in [0.1, 0.15) is 50.5 Å². The summed E-state index contributed by atoms with van der Waals surface area (Å²) < 4.78 is 1.75. The molecule has 2 heterocycles. The van der Waals surface area contributed by atoms with Gasteiger partial charge in [-0.1, -0.05) is 25.6 Å². The number of fused-ring (bicyclic) bond motifs is 3. The predicted molar refractivity (Wildman–Crippen MR) is 131 cm³/mol. The Hall–Kier alpha value is -1.89. The third-order valence-electron chi connectivity index (χ3n) is 6.15. The number of rotatable bonds is 9. The van der Waals surface area contributed by atoms with Gasteiger partial charge in [0.05, 0.1) is 17.2 Å². The highest BCUT2D eigenvalue weighted by Crippen LogP contribution is 2.34. The van der Waals surface area contributed by atoms with Gasteiger partial charge in [-0.3, -0.25) is 14.2 Å². The number of thiophene rings is 1. The summed E-state index contributed by atoms with van der Waals surface area (Å²) in [6.45, 7) is 6.99. The van der Waals surface area contributed by atoms with Crippen molar-refractivity contribution in [1.29, 1.82) is 5.26 Å². The molecule has 2 aromatic rings. The fourth-order valence-electron chi connectivity index (χ4n) is 3.83. The Labute approximate surface area is 198 Å². The van der Waals surface area contributed by atoms with E-state index in [0.29, 0.717) is 11.7 Å². The topological polar surface area (TPSA) is 91.0 Å². The summed E-state index contributed by atoms with van der Waals surface area (Å²) in [6.07, 6.45) is 5.06. The standard InChI is InChI=1S/C23H33N5O2S2/c1-15(2)23(3,14-24)26-18(29)13-31-22-25-20-19(16-9-6-7-10-17(16)32-20)21(30)28(22)12-8-11-27(4)5/h15H,6-13H2,1-5H3,(H,26,29). The zero-order chi connectivity index (χ0) is 23.5. The highest BCUT2D eigenvalue weighted by Gasteiger charge is 2.30. The lowest BCUT2D eigenvalue weighted by atomic mass is 9.90. The Balaban J connectivity index is 1.89. The first-order valence-electron chi connectivity index (χ1n) is 11.2. The maximum atomic E-state index is 13.5. The number of amides is 1. The van der Waals surface area contributed by atoms with Crippen LogP contribution < -0.4 is 10.9 Å². The summed E-state index contributed by atoms with van der Waals surface area (Å²) >= 11 is 2.90. The van der Waals surface area contributed by atoms with Crippen molar-refractivity contribution >= 4 is 39.2 Å². The molecule has 0 fully saturated rings. The van der Waals surface area contributed by atoms with Crippen molar-refractivity contribution in [3.63, 3.8) is 0 Å². The molecule has 3 rings (SSSR count). The number of nitrogens with one attached hydrogen (secondary N) is 1. The quantitative estimate of drug-likeness (QED) is 0.441. The predicted octanol–water partition coefficient (Wildman–Crippen LogP) is 3.44. The van der Waals surface area contributed by atoms with Crippen LogP contribution in [0.3, 0.4) is 0 Å². The minimum atomic E-state index is -0.923. The highest BCUT2D eigenvalue weighted by atomic mass is 32.2. The van der Waals surface area contributed by atoms with Crippen LogP contribution in [0.4, 0.5) is 0 Å². The fourth-order valence-corrected chi connectivity index (χ4v) is 5.96. The van der Waals surface area contributed by atoms with Gasteiger partial charge in [0.1, 0.15) is 10.4 Å². The van der Waals surface area contributed by atoms with E-state index >= 15 is 0 Å². The van der Waals surface area contributed by atoms with E-state index in [1.807, 2.05) is 27.9 Å². The molecule has 32 heavy (non-hydrogen) atoms. The smallest absolute Gasteiger partial charge is 0.263 e. The van der Waals surface area contributed by atoms with E-state index in [1.54, 1.807) is 22.8 Å². The average molecular weight is 476 g/mol. The fraction of sp³-hybridized carbons (Fsp3) is 0.652. The monoisotopic (exact) mass is 475 g/mol. The first-order valence-corrected chi connectivity index (χ1v) is 13.0. The molecule has 174 valence electrons.